The first kappa shape index (κ1) is 14.2. The van der Waals surface area contributed by atoms with E-state index in [0.29, 0.717) is 0 Å². The fourth-order valence-corrected chi connectivity index (χ4v) is 1.92. The Morgan fingerprint density at radius 1 is 0.750 bits per heavy atom. The van der Waals surface area contributed by atoms with Gasteiger partial charge in [0.25, 0.3) is 6.08 Å². The highest BCUT2D eigenvalue weighted by Gasteiger charge is 2.34. The monoisotopic (exact) mass is 284 g/mol. The van der Waals surface area contributed by atoms with Crippen LogP contribution in [0.1, 0.15) is 16.7 Å². The molecule has 0 fully saturated rings. The first-order valence-corrected chi connectivity index (χ1v) is 5.68. The quantitative estimate of drug-likeness (QED) is 0.651. The van der Waals surface area contributed by atoms with E-state index in [1.54, 1.807) is 6.07 Å². The molecular formula is C15H9F5. The van der Waals surface area contributed by atoms with E-state index in [0.717, 1.165) is 12.1 Å². The summed E-state index contributed by atoms with van der Waals surface area (Å²) < 4.78 is 65.1. The molecule has 0 saturated carbocycles. The van der Waals surface area contributed by atoms with Crippen LogP contribution in [0, 0.1) is 0 Å². The molecule has 2 aromatic carbocycles. The van der Waals surface area contributed by atoms with Crippen LogP contribution in [0.2, 0.25) is 0 Å². The molecule has 20 heavy (non-hydrogen) atoms. The maximum Gasteiger partial charge on any atom is 0.417 e. The lowest BCUT2D eigenvalue weighted by molar-refractivity contribution is -0.137. The Morgan fingerprint density at radius 2 is 1.30 bits per heavy atom. The third kappa shape index (κ3) is 2.87. The maximum atomic E-state index is 13.2. The van der Waals surface area contributed by atoms with Gasteiger partial charge < -0.3 is 0 Å². The Bertz CT molecular complexity index is 622. The molecule has 104 valence electrons. The van der Waals surface area contributed by atoms with Crippen molar-refractivity contribution in [3.05, 3.63) is 77.4 Å². The molecule has 0 saturated heterocycles. The second-order valence-corrected chi connectivity index (χ2v) is 4.04. The summed E-state index contributed by atoms with van der Waals surface area (Å²) in [6.07, 6.45) is -6.83. The molecule has 0 amide bonds. The molecule has 2 rings (SSSR count). The van der Waals surface area contributed by atoms with Gasteiger partial charge in [-0.2, -0.15) is 22.0 Å². The topological polar surface area (TPSA) is 0 Å². The van der Waals surface area contributed by atoms with E-state index in [1.165, 1.54) is 36.4 Å². The minimum absolute atomic E-state index is 0.0456. The third-order valence-electron chi connectivity index (χ3n) is 2.75. The van der Waals surface area contributed by atoms with Gasteiger partial charge in [-0.3, -0.25) is 0 Å². The number of benzene rings is 2. The Hall–Kier alpha value is -2.17. The molecular weight excluding hydrogens is 275 g/mol. The summed E-state index contributed by atoms with van der Waals surface area (Å²) in [5.41, 5.74) is -2.25. The van der Waals surface area contributed by atoms with Crippen LogP contribution in [-0.2, 0) is 6.18 Å². The zero-order valence-electron chi connectivity index (χ0n) is 10.1. The molecule has 0 aliphatic rings. The van der Waals surface area contributed by atoms with Crippen LogP contribution in [0.4, 0.5) is 22.0 Å². The maximum absolute atomic E-state index is 13.2. The molecule has 0 aliphatic heterocycles. The Morgan fingerprint density at radius 3 is 1.85 bits per heavy atom. The molecule has 0 spiro atoms. The van der Waals surface area contributed by atoms with E-state index < -0.39 is 29.0 Å². The van der Waals surface area contributed by atoms with Crippen LogP contribution in [-0.4, -0.2) is 0 Å². The summed E-state index contributed by atoms with van der Waals surface area (Å²) in [5.74, 6) is 0. The molecule has 0 heterocycles. The average Bonchev–Trinajstić information content (AvgIpc) is 2.39. The van der Waals surface area contributed by atoms with Gasteiger partial charge in [0.1, 0.15) is 0 Å². The van der Waals surface area contributed by atoms with Gasteiger partial charge in [-0.25, -0.2) is 0 Å². The average molecular weight is 284 g/mol. The summed E-state index contributed by atoms with van der Waals surface area (Å²) in [7, 11) is 0. The molecule has 0 atom stereocenters. The number of hydrogen-bond donors (Lipinski definition) is 0. The third-order valence-corrected chi connectivity index (χ3v) is 2.75. The van der Waals surface area contributed by atoms with Gasteiger partial charge in [0, 0.05) is 0 Å². The van der Waals surface area contributed by atoms with Gasteiger partial charge in [0.2, 0.25) is 0 Å². The first-order valence-electron chi connectivity index (χ1n) is 5.68. The van der Waals surface area contributed by atoms with Crippen molar-refractivity contribution >= 4 is 5.57 Å². The molecule has 0 aromatic heterocycles. The molecule has 0 N–H and O–H groups in total. The Balaban J connectivity index is 2.68. The van der Waals surface area contributed by atoms with Gasteiger partial charge in [0.15, 0.2) is 0 Å². The molecule has 0 unspecified atom stereocenters. The van der Waals surface area contributed by atoms with E-state index in [9.17, 15) is 22.0 Å². The minimum atomic E-state index is -4.69. The molecule has 0 radical (unpaired) electrons. The molecule has 5 heteroatoms. The lowest BCUT2D eigenvalue weighted by Gasteiger charge is -2.14. The van der Waals surface area contributed by atoms with Crippen molar-refractivity contribution in [3.8, 4) is 0 Å². The van der Waals surface area contributed by atoms with Crippen molar-refractivity contribution < 1.29 is 22.0 Å². The van der Waals surface area contributed by atoms with E-state index >= 15 is 0 Å². The number of hydrogen-bond acceptors (Lipinski definition) is 0. The van der Waals surface area contributed by atoms with E-state index in [1.807, 2.05) is 0 Å². The van der Waals surface area contributed by atoms with Crippen LogP contribution in [0.3, 0.4) is 0 Å². The van der Waals surface area contributed by atoms with Crippen LogP contribution >= 0.6 is 0 Å². The van der Waals surface area contributed by atoms with Crippen molar-refractivity contribution in [2.75, 3.05) is 0 Å². The second kappa shape index (κ2) is 5.45. The zero-order valence-corrected chi connectivity index (χ0v) is 10.1. The van der Waals surface area contributed by atoms with Gasteiger partial charge in [-0.1, -0.05) is 48.5 Å². The van der Waals surface area contributed by atoms with E-state index in [2.05, 4.69) is 0 Å². The van der Waals surface area contributed by atoms with Crippen LogP contribution in [0.5, 0.6) is 0 Å². The largest absolute Gasteiger partial charge is 0.417 e. The van der Waals surface area contributed by atoms with Crippen LogP contribution in [0.15, 0.2) is 60.7 Å². The zero-order chi connectivity index (χ0) is 14.8. The van der Waals surface area contributed by atoms with Crippen molar-refractivity contribution in [3.63, 3.8) is 0 Å². The van der Waals surface area contributed by atoms with Gasteiger partial charge in [0.05, 0.1) is 11.1 Å². The van der Waals surface area contributed by atoms with Gasteiger partial charge >= 0.3 is 6.18 Å². The normalized spacial score (nSPS) is 11.2. The molecule has 2 aromatic rings. The number of rotatable bonds is 2. The first-order chi connectivity index (χ1) is 9.41. The summed E-state index contributed by atoms with van der Waals surface area (Å²) >= 11 is 0. The van der Waals surface area contributed by atoms with Gasteiger partial charge in [-0.05, 0) is 17.2 Å². The highest BCUT2D eigenvalue weighted by atomic mass is 19.4. The summed E-state index contributed by atoms with van der Waals surface area (Å²) in [6.45, 7) is 0. The number of alkyl halides is 3. The highest BCUT2D eigenvalue weighted by Crippen LogP contribution is 2.38. The molecule has 0 aliphatic carbocycles. The van der Waals surface area contributed by atoms with E-state index in [-0.39, 0.29) is 5.56 Å². The fraction of sp³-hybridized carbons (Fsp3) is 0.0667. The summed E-state index contributed by atoms with van der Waals surface area (Å²) in [4.78, 5) is 0. The fourth-order valence-electron chi connectivity index (χ4n) is 1.92. The van der Waals surface area contributed by atoms with Crippen molar-refractivity contribution in [1.82, 2.24) is 0 Å². The van der Waals surface area contributed by atoms with Crippen molar-refractivity contribution in [2.45, 2.75) is 6.18 Å². The second-order valence-electron chi connectivity index (χ2n) is 4.04. The predicted molar refractivity (Wildman–Crippen MR) is 66.1 cm³/mol. The Kier molecular flexibility index (Phi) is 3.88. The standard InChI is InChI=1S/C15H9F5/c16-14(17)13(10-6-2-1-3-7-10)11-8-4-5-9-12(11)15(18,19)20/h1-9H. The van der Waals surface area contributed by atoms with Crippen molar-refractivity contribution in [1.29, 1.82) is 0 Å². The highest BCUT2D eigenvalue weighted by molar-refractivity contribution is 5.82. The SMILES string of the molecule is FC(F)=C(c1ccccc1)c1ccccc1C(F)(F)F. The van der Waals surface area contributed by atoms with Crippen LogP contribution < -0.4 is 0 Å². The summed E-state index contributed by atoms with van der Waals surface area (Å²) in [6, 6.07) is 11.6. The molecule has 0 bridgehead atoms. The predicted octanol–water partition coefficient (Wildman–Crippen LogP) is 5.36. The molecule has 0 nitrogen and oxygen atoms in total. The van der Waals surface area contributed by atoms with E-state index in [4.69, 9.17) is 0 Å². The lowest BCUT2D eigenvalue weighted by Crippen LogP contribution is -2.09. The Labute approximate surface area is 112 Å². The lowest BCUT2D eigenvalue weighted by atomic mass is 9.94. The van der Waals surface area contributed by atoms with Gasteiger partial charge in [-0.15, -0.1) is 0 Å². The smallest absolute Gasteiger partial charge is 0.173 e. The van der Waals surface area contributed by atoms with Crippen molar-refractivity contribution in [2.24, 2.45) is 0 Å². The van der Waals surface area contributed by atoms with Crippen LogP contribution in [0.25, 0.3) is 5.57 Å². The minimum Gasteiger partial charge on any atom is -0.173 e. The number of halogens is 5. The summed E-state index contributed by atoms with van der Waals surface area (Å²) in [5, 5.41) is 0.